The van der Waals surface area contributed by atoms with Crippen molar-refractivity contribution in [2.75, 3.05) is 18.0 Å². The van der Waals surface area contributed by atoms with E-state index in [0.717, 1.165) is 5.69 Å². The van der Waals surface area contributed by atoms with Crippen molar-refractivity contribution in [3.63, 3.8) is 0 Å². The molecule has 0 aliphatic carbocycles. The minimum Gasteiger partial charge on any atom is -0.480 e. The third-order valence-corrected chi connectivity index (χ3v) is 2.04. The number of benzene rings is 1. The second-order valence-electron chi connectivity index (χ2n) is 3.37. The zero-order valence-electron chi connectivity index (χ0n) is 9.50. The number of nitrogens with zero attached hydrogens (tertiary/aromatic N) is 1. The molecule has 0 saturated carbocycles. The van der Waals surface area contributed by atoms with Gasteiger partial charge in [-0.25, -0.2) is 4.79 Å². The topological polar surface area (TPSA) is 113 Å². The van der Waals surface area contributed by atoms with Crippen LogP contribution >= 0.6 is 0 Å². The van der Waals surface area contributed by atoms with Crippen LogP contribution < -0.4 is 16.0 Å². The van der Waals surface area contributed by atoms with E-state index < -0.39 is 5.97 Å². The quantitative estimate of drug-likeness (QED) is 0.628. The Morgan fingerprint density at radius 3 is 2.28 bits per heavy atom. The van der Waals surface area contributed by atoms with Crippen LogP contribution in [0.25, 0.3) is 0 Å². The van der Waals surface area contributed by atoms with Crippen LogP contribution in [0.1, 0.15) is 0 Å². The molecule has 1 heterocycles. The Morgan fingerprint density at radius 1 is 1.33 bits per heavy atom. The summed E-state index contributed by atoms with van der Waals surface area (Å²) in [4.78, 5) is 32.7. The molecule has 1 fully saturated rings. The molecule has 0 bridgehead atoms. The highest BCUT2D eigenvalue weighted by atomic mass is 16.4. The van der Waals surface area contributed by atoms with Crippen LogP contribution in [0.3, 0.4) is 0 Å². The third-order valence-electron chi connectivity index (χ3n) is 2.04. The normalized spacial score (nSPS) is 13.7. The predicted molar refractivity (Wildman–Crippen MR) is 64.0 cm³/mol. The Bertz CT molecular complexity index is 447. The summed E-state index contributed by atoms with van der Waals surface area (Å²) in [6.45, 7) is -0.164. The van der Waals surface area contributed by atoms with Gasteiger partial charge in [0, 0.05) is 5.69 Å². The minimum absolute atomic E-state index is 0.114. The monoisotopic (exact) mass is 251 g/mol. The average molecular weight is 251 g/mol. The number of nitrogens with two attached hydrogens (primary N) is 1. The molecule has 1 aromatic carbocycles. The van der Waals surface area contributed by atoms with Gasteiger partial charge in [-0.05, 0) is 12.1 Å². The molecule has 7 heteroatoms. The molecule has 4 N–H and O–H groups in total. The van der Waals surface area contributed by atoms with Crippen LogP contribution in [0.4, 0.5) is 10.5 Å². The lowest BCUT2D eigenvalue weighted by Gasteiger charge is -2.11. The van der Waals surface area contributed by atoms with Crippen molar-refractivity contribution in [2.24, 2.45) is 5.73 Å². The predicted octanol–water partition coefficient (Wildman–Crippen LogP) is -0.228. The molecule has 0 unspecified atom stereocenters. The van der Waals surface area contributed by atoms with E-state index in [2.05, 4.69) is 11.1 Å². The van der Waals surface area contributed by atoms with Crippen molar-refractivity contribution in [2.45, 2.75) is 0 Å². The zero-order chi connectivity index (χ0) is 13.5. The van der Waals surface area contributed by atoms with Crippen molar-refractivity contribution in [3.05, 3.63) is 30.3 Å². The number of aliphatic carboxylic acids is 1. The van der Waals surface area contributed by atoms with Gasteiger partial charge in [-0.1, -0.05) is 18.2 Å². The van der Waals surface area contributed by atoms with E-state index >= 15 is 0 Å². The average Bonchev–Trinajstić information content (AvgIpc) is 2.70. The number of carbonyl (C=O) groups excluding carboxylic acids is 2. The summed E-state index contributed by atoms with van der Waals surface area (Å²) < 4.78 is 0. The molecule has 96 valence electrons. The van der Waals surface area contributed by atoms with Gasteiger partial charge in [0.25, 0.3) is 0 Å². The minimum atomic E-state index is -0.968. The van der Waals surface area contributed by atoms with Crippen molar-refractivity contribution >= 4 is 23.6 Å². The molecule has 1 saturated heterocycles. The number of anilines is 1. The number of hydrogen-bond donors (Lipinski definition) is 3. The van der Waals surface area contributed by atoms with Crippen LogP contribution in [-0.2, 0) is 9.59 Å². The van der Waals surface area contributed by atoms with Crippen LogP contribution in [0.5, 0.6) is 0 Å². The van der Waals surface area contributed by atoms with Gasteiger partial charge in [0.15, 0.2) is 0 Å². The highest BCUT2D eigenvalue weighted by molar-refractivity contribution is 6.12. The summed E-state index contributed by atoms with van der Waals surface area (Å²) in [6.07, 6.45) is 0. The lowest BCUT2D eigenvalue weighted by Crippen LogP contribution is -2.27. The van der Waals surface area contributed by atoms with Gasteiger partial charge in [-0.15, -0.1) is 0 Å². The molecule has 7 nitrogen and oxygen atoms in total. The Balaban J connectivity index is 0.000000280. The molecule has 0 atom stereocenters. The summed E-state index contributed by atoms with van der Waals surface area (Å²) in [6, 6.07) is 8.74. The smallest absolute Gasteiger partial charge is 0.329 e. The molecular weight excluding hydrogens is 238 g/mol. The fourth-order valence-electron chi connectivity index (χ4n) is 1.26. The number of imide groups is 1. The number of carboxylic acids is 1. The van der Waals surface area contributed by atoms with Crippen LogP contribution in [0.15, 0.2) is 30.3 Å². The van der Waals surface area contributed by atoms with Gasteiger partial charge >= 0.3 is 12.0 Å². The second kappa shape index (κ2) is 6.36. The van der Waals surface area contributed by atoms with Crippen molar-refractivity contribution in [1.29, 1.82) is 0 Å². The van der Waals surface area contributed by atoms with Crippen LogP contribution in [0.2, 0.25) is 0 Å². The molecular formula is C11H13N3O4. The fourth-order valence-corrected chi connectivity index (χ4v) is 1.26. The molecule has 0 radical (unpaired) electrons. The number of carboxylic acid groups (broad SMARTS) is 1. The molecule has 0 spiro atoms. The summed E-state index contributed by atoms with van der Waals surface area (Å²) in [5.41, 5.74) is 5.31. The largest absolute Gasteiger partial charge is 0.480 e. The molecule has 1 aliphatic rings. The zero-order valence-corrected chi connectivity index (χ0v) is 9.50. The summed E-state index contributed by atoms with van der Waals surface area (Å²) in [5, 5.41) is 9.81. The van der Waals surface area contributed by atoms with Crippen LogP contribution in [0, 0.1) is 0 Å². The van der Waals surface area contributed by atoms with E-state index in [-0.39, 0.29) is 25.0 Å². The molecule has 3 amide bonds. The first-order valence-corrected chi connectivity index (χ1v) is 5.13. The Hall–Kier alpha value is -2.41. The highest BCUT2D eigenvalue weighted by Gasteiger charge is 2.27. The van der Waals surface area contributed by atoms with Crippen molar-refractivity contribution < 1.29 is 19.5 Å². The number of hydrogen-bond acceptors (Lipinski definition) is 4. The van der Waals surface area contributed by atoms with E-state index in [1.807, 2.05) is 18.2 Å². The van der Waals surface area contributed by atoms with E-state index in [1.165, 1.54) is 4.90 Å². The fraction of sp³-hybridized carbons (Fsp3) is 0.182. The first kappa shape index (κ1) is 13.7. The van der Waals surface area contributed by atoms with Gasteiger partial charge in [0.2, 0.25) is 5.91 Å². The van der Waals surface area contributed by atoms with Gasteiger partial charge in [-0.2, -0.15) is 0 Å². The third kappa shape index (κ3) is 3.87. The maximum atomic E-state index is 11.2. The summed E-state index contributed by atoms with van der Waals surface area (Å²) in [7, 11) is 0. The van der Waals surface area contributed by atoms with E-state index in [0.29, 0.717) is 0 Å². The first-order valence-electron chi connectivity index (χ1n) is 5.13. The molecule has 0 aromatic heterocycles. The van der Waals surface area contributed by atoms with Gasteiger partial charge in [0.05, 0.1) is 6.54 Å². The number of carbonyl (C=O) groups is 3. The van der Waals surface area contributed by atoms with Gasteiger partial charge < -0.3 is 10.8 Å². The number of para-hydroxylation sites is 1. The van der Waals surface area contributed by atoms with Crippen LogP contribution in [-0.4, -0.2) is 36.1 Å². The van der Waals surface area contributed by atoms with Crippen molar-refractivity contribution in [1.82, 2.24) is 5.32 Å². The Labute approximate surface area is 103 Å². The van der Waals surface area contributed by atoms with E-state index in [1.54, 1.807) is 12.1 Å². The van der Waals surface area contributed by atoms with Gasteiger partial charge in [-0.3, -0.25) is 19.8 Å². The number of nitrogens with one attached hydrogen (secondary N) is 1. The standard InChI is InChI=1S/C9H8N2O2.C2H5NO2/c12-8-6-11(9(13)10-8)7-4-2-1-3-5-7;3-1-2(4)5/h1-5H,6H2,(H,10,12,13);1,3H2,(H,4,5). The number of amides is 3. The highest BCUT2D eigenvalue weighted by Crippen LogP contribution is 2.15. The number of rotatable bonds is 2. The Morgan fingerprint density at radius 2 is 1.89 bits per heavy atom. The second-order valence-corrected chi connectivity index (χ2v) is 3.37. The van der Waals surface area contributed by atoms with E-state index in [9.17, 15) is 14.4 Å². The molecule has 1 aliphatic heterocycles. The maximum Gasteiger partial charge on any atom is 0.329 e. The lowest BCUT2D eigenvalue weighted by molar-refractivity contribution is -0.135. The first-order chi connectivity index (χ1) is 8.54. The lowest BCUT2D eigenvalue weighted by atomic mass is 10.3. The molecule has 2 rings (SSSR count). The van der Waals surface area contributed by atoms with Gasteiger partial charge in [0.1, 0.15) is 6.54 Å². The number of urea groups is 1. The summed E-state index contributed by atoms with van der Waals surface area (Å²) >= 11 is 0. The maximum absolute atomic E-state index is 11.2. The molecule has 18 heavy (non-hydrogen) atoms. The summed E-state index contributed by atoms with van der Waals surface area (Å²) in [5.74, 6) is -1.22. The Kier molecular flexibility index (Phi) is 4.82. The molecule has 1 aromatic rings. The van der Waals surface area contributed by atoms with E-state index in [4.69, 9.17) is 5.11 Å². The SMILES string of the molecule is NCC(=O)O.O=C1CN(c2ccccc2)C(=O)N1. The van der Waals surface area contributed by atoms with Crippen molar-refractivity contribution in [3.8, 4) is 0 Å².